The number of benzene rings is 1. The molecule has 0 amide bonds. The molecule has 0 saturated carbocycles. The van der Waals surface area contributed by atoms with Crippen molar-refractivity contribution in [1.29, 1.82) is 0 Å². The van der Waals surface area contributed by atoms with Gasteiger partial charge in [0.05, 0.1) is 15.6 Å². The van der Waals surface area contributed by atoms with Gasteiger partial charge in [0, 0.05) is 56.3 Å². The molecule has 1 aliphatic rings. The van der Waals surface area contributed by atoms with E-state index in [1.165, 1.54) is 16.4 Å². The van der Waals surface area contributed by atoms with Crippen LogP contribution < -0.4 is 4.90 Å². The Balaban J connectivity index is 1.47. The average molecular weight is 461 g/mol. The Hall–Kier alpha value is -3.15. The standard InChI is InChI=1S/C19H17ClN6O4S/c20-16-2-1-15(26(27)28)13-18(16)31(29,30)25-11-9-24(10-12-25)19-4-3-17(22-23-19)14-5-7-21-8-6-14/h1-8,13H,9-12H2. The van der Waals surface area contributed by atoms with Gasteiger partial charge >= 0.3 is 0 Å². The van der Waals surface area contributed by atoms with Gasteiger partial charge in [-0.1, -0.05) is 11.6 Å². The number of hydrogen-bond donors (Lipinski definition) is 0. The third kappa shape index (κ3) is 4.33. The lowest BCUT2D eigenvalue weighted by Gasteiger charge is -2.34. The highest BCUT2D eigenvalue weighted by atomic mass is 35.5. The number of nitro benzene ring substituents is 1. The van der Waals surface area contributed by atoms with Gasteiger partial charge < -0.3 is 4.90 Å². The summed E-state index contributed by atoms with van der Waals surface area (Å²) in [5, 5.41) is 19.5. The van der Waals surface area contributed by atoms with Gasteiger partial charge in [0.25, 0.3) is 5.69 Å². The fourth-order valence-corrected chi connectivity index (χ4v) is 5.19. The molecule has 31 heavy (non-hydrogen) atoms. The number of rotatable bonds is 5. The van der Waals surface area contributed by atoms with Crippen LogP contribution in [0.1, 0.15) is 0 Å². The van der Waals surface area contributed by atoms with E-state index in [0.29, 0.717) is 24.6 Å². The van der Waals surface area contributed by atoms with Crippen LogP contribution in [0.3, 0.4) is 0 Å². The monoisotopic (exact) mass is 460 g/mol. The van der Waals surface area contributed by atoms with Gasteiger partial charge in [-0.2, -0.15) is 4.31 Å². The van der Waals surface area contributed by atoms with Gasteiger partial charge in [-0.25, -0.2) is 8.42 Å². The molecule has 0 spiro atoms. The summed E-state index contributed by atoms with van der Waals surface area (Å²) in [5.74, 6) is 0.642. The Morgan fingerprint density at radius 3 is 2.29 bits per heavy atom. The third-order valence-electron chi connectivity index (χ3n) is 4.93. The quantitative estimate of drug-likeness (QED) is 0.420. The van der Waals surface area contributed by atoms with Crippen LogP contribution in [0, 0.1) is 10.1 Å². The Morgan fingerprint density at radius 1 is 0.968 bits per heavy atom. The number of nitrogens with zero attached hydrogens (tertiary/aromatic N) is 6. The zero-order chi connectivity index (χ0) is 22.0. The van der Waals surface area contributed by atoms with Gasteiger partial charge in [-0.05, 0) is 30.3 Å². The van der Waals surface area contributed by atoms with E-state index in [1.807, 2.05) is 29.2 Å². The van der Waals surface area contributed by atoms with Crippen LogP contribution in [0.4, 0.5) is 11.5 Å². The van der Waals surface area contributed by atoms with Crippen LogP contribution in [0.2, 0.25) is 5.02 Å². The molecular weight excluding hydrogens is 444 g/mol. The van der Waals surface area contributed by atoms with Crippen molar-refractivity contribution in [2.75, 3.05) is 31.1 Å². The first-order valence-corrected chi connectivity index (χ1v) is 11.1. The number of aromatic nitrogens is 3. The highest BCUT2D eigenvalue weighted by Gasteiger charge is 2.31. The second-order valence-corrected chi connectivity index (χ2v) is 9.09. The molecule has 1 aromatic carbocycles. The molecule has 160 valence electrons. The van der Waals surface area contributed by atoms with Gasteiger partial charge in [0.15, 0.2) is 5.82 Å². The van der Waals surface area contributed by atoms with Gasteiger partial charge in [0.1, 0.15) is 4.90 Å². The molecular formula is C19H17ClN6O4S. The summed E-state index contributed by atoms with van der Waals surface area (Å²) in [5.41, 5.74) is 1.29. The van der Waals surface area contributed by atoms with Crippen LogP contribution in [0.15, 0.2) is 59.8 Å². The summed E-state index contributed by atoms with van der Waals surface area (Å²) < 4.78 is 27.3. The minimum atomic E-state index is -3.97. The highest BCUT2D eigenvalue weighted by Crippen LogP contribution is 2.29. The van der Waals surface area contributed by atoms with E-state index in [4.69, 9.17) is 11.6 Å². The largest absolute Gasteiger partial charge is 0.352 e. The predicted octanol–water partition coefficient (Wildman–Crippen LogP) is 2.61. The first kappa shape index (κ1) is 21.1. The van der Waals surface area contributed by atoms with Crippen molar-refractivity contribution in [3.8, 4) is 11.3 Å². The molecule has 0 aliphatic carbocycles. The van der Waals surface area contributed by atoms with Crippen molar-refractivity contribution in [2.24, 2.45) is 0 Å². The number of sulfonamides is 1. The van der Waals surface area contributed by atoms with E-state index >= 15 is 0 Å². The molecule has 1 fully saturated rings. The summed E-state index contributed by atoms with van der Waals surface area (Å²) in [6, 6.07) is 10.8. The van der Waals surface area contributed by atoms with Crippen LogP contribution in [0.25, 0.3) is 11.3 Å². The van der Waals surface area contributed by atoms with Gasteiger partial charge in [0.2, 0.25) is 10.0 Å². The van der Waals surface area contributed by atoms with E-state index < -0.39 is 14.9 Å². The average Bonchev–Trinajstić information content (AvgIpc) is 2.80. The van der Waals surface area contributed by atoms with E-state index in [0.717, 1.165) is 11.6 Å². The summed E-state index contributed by atoms with van der Waals surface area (Å²) >= 11 is 6.03. The molecule has 1 saturated heterocycles. The number of hydrogen-bond acceptors (Lipinski definition) is 8. The first-order valence-electron chi connectivity index (χ1n) is 9.29. The Bertz CT molecular complexity index is 1200. The zero-order valence-electron chi connectivity index (χ0n) is 16.1. The predicted molar refractivity (Wildman–Crippen MR) is 114 cm³/mol. The smallest absolute Gasteiger partial charge is 0.270 e. The minimum Gasteiger partial charge on any atom is -0.352 e. The normalized spacial score (nSPS) is 15.1. The second-order valence-electron chi connectivity index (χ2n) is 6.78. The fraction of sp³-hybridized carbons (Fsp3) is 0.211. The summed E-state index contributed by atoms with van der Waals surface area (Å²) in [6.45, 7) is 1.17. The van der Waals surface area contributed by atoms with Crippen LogP contribution >= 0.6 is 11.6 Å². The van der Waals surface area contributed by atoms with E-state index in [2.05, 4.69) is 15.2 Å². The second kappa shape index (κ2) is 8.53. The zero-order valence-corrected chi connectivity index (χ0v) is 17.7. The maximum Gasteiger partial charge on any atom is 0.270 e. The Kier molecular flexibility index (Phi) is 5.81. The maximum absolute atomic E-state index is 13.0. The van der Waals surface area contributed by atoms with Gasteiger partial charge in [-0.3, -0.25) is 15.1 Å². The Labute approximate surface area is 183 Å². The summed E-state index contributed by atoms with van der Waals surface area (Å²) in [6.07, 6.45) is 3.36. The first-order chi connectivity index (χ1) is 14.9. The van der Waals surface area contributed by atoms with Gasteiger partial charge in [-0.15, -0.1) is 10.2 Å². The number of nitro groups is 1. The van der Waals surface area contributed by atoms with Crippen LogP contribution in [-0.4, -0.2) is 59.0 Å². The minimum absolute atomic E-state index is 0.0504. The molecule has 12 heteroatoms. The fourth-order valence-electron chi connectivity index (χ4n) is 3.27. The van der Waals surface area contributed by atoms with Crippen molar-refractivity contribution >= 4 is 33.1 Å². The van der Waals surface area contributed by atoms with Crippen molar-refractivity contribution in [3.63, 3.8) is 0 Å². The molecule has 10 nitrogen and oxygen atoms in total. The van der Waals surface area contributed by atoms with Crippen molar-refractivity contribution in [2.45, 2.75) is 4.90 Å². The molecule has 2 aromatic heterocycles. The van der Waals surface area contributed by atoms with Crippen molar-refractivity contribution in [1.82, 2.24) is 19.5 Å². The third-order valence-corrected chi connectivity index (χ3v) is 7.31. The van der Waals surface area contributed by atoms with E-state index in [-0.39, 0.29) is 28.7 Å². The lowest BCUT2D eigenvalue weighted by atomic mass is 10.2. The Morgan fingerprint density at radius 2 is 1.68 bits per heavy atom. The van der Waals surface area contributed by atoms with Crippen LogP contribution in [0.5, 0.6) is 0 Å². The molecule has 0 unspecified atom stereocenters. The highest BCUT2D eigenvalue weighted by molar-refractivity contribution is 7.89. The summed E-state index contributed by atoms with van der Waals surface area (Å²) in [4.78, 5) is 16.0. The number of pyridine rings is 1. The number of piperazine rings is 1. The van der Waals surface area contributed by atoms with Crippen molar-refractivity contribution < 1.29 is 13.3 Å². The van der Waals surface area contributed by atoms with E-state index in [1.54, 1.807) is 12.4 Å². The topological polar surface area (TPSA) is 122 Å². The van der Waals surface area contributed by atoms with Crippen molar-refractivity contribution in [3.05, 3.63) is 70.0 Å². The molecule has 0 bridgehead atoms. The molecule has 0 radical (unpaired) electrons. The number of non-ortho nitro benzene ring substituents is 1. The van der Waals surface area contributed by atoms with E-state index in [9.17, 15) is 18.5 Å². The van der Waals surface area contributed by atoms with Crippen LogP contribution in [-0.2, 0) is 10.0 Å². The molecule has 3 aromatic rings. The molecule has 3 heterocycles. The lowest BCUT2D eigenvalue weighted by molar-refractivity contribution is -0.385. The number of anilines is 1. The SMILES string of the molecule is O=[N+]([O-])c1ccc(Cl)c(S(=O)(=O)N2CCN(c3ccc(-c4ccncc4)nn3)CC2)c1. The maximum atomic E-state index is 13.0. The molecule has 0 N–H and O–H groups in total. The molecule has 0 atom stereocenters. The molecule has 1 aliphatic heterocycles. The number of halogens is 1. The summed E-state index contributed by atoms with van der Waals surface area (Å²) in [7, 11) is -3.97. The molecule has 4 rings (SSSR count). The lowest BCUT2D eigenvalue weighted by Crippen LogP contribution is -2.49.